The van der Waals surface area contributed by atoms with Crippen LogP contribution in [-0.4, -0.2) is 21.8 Å². The number of hydrogen-bond acceptors (Lipinski definition) is 5. The quantitative estimate of drug-likeness (QED) is 0.455. The van der Waals surface area contributed by atoms with Gasteiger partial charge in [-0.25, -0.2) is 4.98 Å². The summed E-state index contributed by atoms with van der Waals surface area (Å²) in [5.41, 5.74) is 5.83. The smallest absolute Gasteiger partial charge is 0.269 e. The first-order valence-electron chi connectivity index (χ1n) is 8.99. The van der Waals surface area contributed by atoms with Gasteiger partial charge in [-0.15, -0.1) is 11.3 Å². The molecule has 4 aromatic rings. The summed E-state index contributed by atoms with van der Waals surface area (Å²) in [5, 5.41) is 2.52. The Bertz CT molecular complexity index is 1320. The van der Waals surface area contributed by atoms with Gasteiger partial charge in [0, 0.05) is 10.4 Å². The SMILES string of the molecule is Cc1sc2nc(CC(=O)NNC(=O)c3ccc4ccccc4c3)[nH]c(=O)c2c1C. The van der Waals surface area contributed by atoms with Crippen molar-refractivity contribution >= 4 is 44.1 Å². The highest BCUT2D eigenvalue weighted by Crippen LogP contribution is 2.25. The van der Waals surface area contributed by atoms with Crippen LogP contribution in [0.3, 0.4) is 0 Å². The van der Waals surface area contributed by atoms with Crippen molar-refractivity contribution in [2.75, 3.05) is 0 Å². The molecule has 0 spiro atoms. The van der Waals surface area contributed by atoms with Gasteiger partial charge in [-0.2, -0.15) is 0 Å². The van der Waals surface area contributed by atoms with Crippen molar-refractivity contribution in [3.05, 3.63) is 74.6 Å². The Kier molecular flexibility index (Phi) is 4.85. The van der Waals surface area contributed by atoms with Crippen molar-refractivity contribution in [2.24, 2.45) is 0 Å². The second-order valence-corrected chi connectivity index (χ2v) is 7.92. The first-order chi connectivity index (χ1) is 13.9. The molecule has 3 N–H and O–H groups in total. The topological polar surface area (TPSA) is 104 Å². The fourth-order valence-corrected chi connectivity index (χ4v) is 4.16. The molecule has 2 aromatic carbocycles. The maximum Gasteiger partial charge on any atom is 0.269 e. The number of thiophene rings is 1. The third kappa shape index (κ3) is 3.74. The van der Waals surface area contributed by atoms with Gasteiger partial charge in [0.2, 0.25) is 5.91 Å². The normalized spacial score (nSPS) is 11.0. The second-order valence-electron chi connectivity index (χ2n) is 6.72. The lowest BCUT2D eigenvalue weighted by atomic mass is 10.1. The molecule has 0 saturated heterocycles. The van der Waals surface area contributed by atoms with E-state index >= 15 is 0 Å². The molecule has 4 rings (SSSR count). The number of fused-ring (bicyclic) bond motifs is 2. The van der Waals surface area contributed by atoms with Crippen LogP contribution in [0.1, 0.15) is 26.6 Å². The Morgan fingerprint density at radius 1 is 1.07 bits per heavy atom. The minimum Gasteiger partial charge on any atom is -0.309 e. The number of nitrogens with one attached hydrogen (secondary N) is 3. The number of rotatable bonds is 3. The van der Waals surface area contributed by atoms with Crippen LogP contribution in [0.4, 0.5) is 0 Å². The predicted molar refractivity (Wildman–Crippen MR) is 113 cm³/mol. The minimum absolute atomic E-state index is 0.154. The van der Waals surface area contributed by atoms with Crippen molar-refractivity contribution in [1.82, 2.24) is 20.8 Å². The van der Waals surface area contributed by atoms with Gasteiger partial charge in [0.25, 0.3) is 11.5 Å². The standard InChI is InChI=1S/C21H18N4O3S/c1-11-12(2)29-21-18(11)20(28)22-16(23-21)10-17(26)24-25-19(27)15-8-7-13-5-3-4-6-14(13)9-15/h3-9H,10H2,1-2H3,(H,24,26)(H,25,27)(H,22,23,28). The van der Waals surface area contributed by atoms with E-state index in [4.69, 9.17) is 0 Å². The molecule has 0 fully saturated rings. The third-order valence-electron chi connectivity index (χ3n) is 4.74. The maximum atomic E-state index is 12.3. The summed E-state index contributed by atoms with van der Waals surface area (Å²) >= 11 is 1.42. The molecule has 29 heavy (non-hydrogen) atoms. The number of amides is 2. The Morgan fingerprint density at radius 3 is 2.62 bits per heavy atom. The van der Waals surface area contributed by atoms with E-state index in [-0.39, 0.29) is 17.8 Å². The number of aromatic nitrogens is 2. The molecule has 0 bridgehead atoms. The Labute approximate surface area is 169 Å². The van der Waals surface area contributed by atoms with E-state index in [1.165, 1.54) is 11.3 Å². The average molecular weight is 406 g/mol. The summed E-state index contributed by atoms with van der Waals surface area (Å²) in [5.74, 6) is -0.654. The summed E-state index contributed by atoms with van der Waals surface area (Å²) in [4.78, 5) is 45.4. The number of hydrogen-bond donors (Lipinski definition) is 3. The number of carbonyl (C=O) groups is 2. The van der Waals surface area contributed by atoms with Crippen LogP contribution in [0, 0.1) is 13.8 Å². The first kappa shape index (κ1) is 18.8. The molecule has 146 valence electrons. The summed E-state index contributed by atoms with van der Waals surface area (Å²) < 4.78 is 0. The van der Waals surface area contributed by atoms with Crippen LogP contribution >= 0.6 is 11.3 Å². The van der Waals surface area contributed by atoms with E-state index in [1.54, 1.807) is 12.1 Å². The van der Waals surface area contributed by atoms with Gasteiger partial charge >= 0.3 is 0 Å². The summed E-state index contributed by atoms with van der Waals surface area (Å²) in [7, 11) is 0. The van der Waals surface area contributed by atoms with E-state index in [0.717, 1.165) is 21.2 Å². The van der Waals surface area contributed by atoms with Crippen LogP contribution in [0.15, 0.2) is 47.3 Å². The first-order valence-corrected chi connectivity index (χ1v) is 9.81. The number of nitrogens with zero attached hydrogens (tertiary/aromatic N) is 1. The molecule has 0 aliphatic heterocycles. The number of benzene rings is 2. The highest BCUT2D eigenvalue weighted by molar-refractivity contribution is 7.18. The lowest BCUT2D eigenvalue weighted by Gasteiger charge is -2.08. The van der Waals surface area contributed by atoms with Crippen molar-refractivity contribution in [3.63, 3.8) is 0 Å². The number of hydrazine groups is 1. The second kappa shape index (κ2) is 7.48. The number of aromatic amines is 1. The van der Waals surface area contributed by atoms with E-state index in [1.807, 2.05) is 44.2 Å². The van der Waals surface area contributed by atoms with Gasteiger partial charge in [0.05, 0.1) is 11.8 Å². The molecule has 0 aliphatic carbocycles. The zero-order valence-corrected chi connectivity index (χ0v) is 16.6. The Morgan fingerprint density at radius 2 is 1.83 bits per heavy atom. The molecular weight excluding hydrogens is 388 g/mol. The summed E-state index contributed by atoms with van der Waals surface area (Å²) in [6, 6.07) is 13.0. The summed E-state index contributed by atoms with van der Waals surface area (Å²) in [6.45, 7) is 3.80. The highest BCUT2D eigenvalue weighted by atomic mass is 32.1. The summed E-state index contributed by atoms with van der Waals surface area (Å²) in [6.07, 6.45) is -0.154. The van der Waals surface area contributed by atoms with Gasteiger partial charge in [-0.05, 0) is 42.3 Å². The number of H-pyrrole nitrogens is 1. The van der Waals surface area contributed by atoms with Crippen LogP contribution in [-0.2, 0) is 11.2 Å². The van der Waals surface area contributed by atoms with Crippen LogP contribution in [0.2, 0.25) is 0 Å². The molecule has 7 nitrogen and oxygen atoms in total. The van der Waals surface area contributed by atoms with E-state index in [2.05, 4.69) is 20.8 Å². The average Bonchev–Trinajstić information content (AvgIpc) is 2.99. The Hall–Kier alpha value is -3.52. The predicted octanol–water partition coefficient (Wildman–Crippen LogP) is 2.76. The van der Waals surface area contributed by atoms with Crippen molar-refractivity contribution in [2.45, 2.75) is 20.3 Å². The minimum atomic E-state index is -0.480. The molecule has 0 unspecified atom stereocenters. The largest absolute Gasteiger partial charge is 0.309 e. The van der Waals surface area contributed by atoms with Crippen molar-refractivity contribution in [3.8, 4) is 0 Å². The van der Waals surface area contributed by atoms with Crippen molar-refractivity contribution < 1.29 is 9.59 Å². The molecule has 0 radical (unpaired) electrons. The van der Waals surface area contributed by atoms with Gasteiger partial charge < -0.3 is 4.98 Å². The number of carbonyl (C=O) groups excluding carboxylic acids is 2. The van der Waals surface area contributed by atoms with Gasteiger partial charge in [0.15, 0.2) is 0 Å². The highest BCUT2D eigenvalue weighted by Gasteiger charge is 2.14. The molecule has 2 aromatic heterocycles. The third-order valence-corrected chi connectivity index (χ3v) is 5.84. The zero-order chi connectivity index (χ0) is 20.5. The molecule has 2 amide bonds. The van der Waals surface area contributed by atoms with Gasteiger partial charge in [0.1, 0.15) is 10.7 Å². The van der Waals surface area contributed by atoms with E-state index < -0.39 is 11.8 Å². The van der Waals surface area contributed by atoms with E-state index in [9.17, 15) is 14.4 Å². The molecule has 2 heterocycles. The number of aryl methyl sites for hydroxylation is 2. The van der Waals surface area contributed by atoms with Gasteiger partial charge in [-0.3, -0.25) is 25.2 Å². The van der Waals surface area contributed by atoms with Crippen LogP contribution in [0.5, 0.6) is 0 Å². The monoisotopic (exact) mass is 406 g/mol. The maximum absolute atomic E-state index is 12.3. The molecule has 8 heteroatoms. The van der Waals surface area contributed by atoms with Gasteiger partial charge in [-0.1, -0.05) is 30.3 Å². The van der Waals surface area contributed by atoms with Crippen molar-refractivity contribution in [1.29, 1.82) is 0 Å². The lowest BCUT2D eigenvalue weighted by molar-refractivity contribution is -0.121. The molecule has 0 aliphatic rings. The molecular formula is C21H18N4O3S. The Balaban J connectivity index is 1.43. The fourth-order valence-electron chi connectivity index (χ4n) is 3.11. The van der Waals surface area contributed by atoms with Crippen LogP contribution in [0.25, 0.3) is 21.0 Å². The lowest BCUT2D eigenvalue weighted by Crippen LogP contribution is -2.42. The molecule has 0 atom stereocenters. The zero-order valence-electron chi connectivity index (χ0n) is 15.8. The van der Waals surface area contributed by atoms with E-state index in [0.29, 0.717) is 15.8 Å². The fraction of sp³-hybridized carbons (Fsp3) is 0.143. The van der Waals surface area contributed by atoms with Crippen LogP contribution < -0.4 is 16.4 Å². The molecule has 0 saturated carbocycles.